The average molecular weight is 334 g/mol. The van der Waals surface area contributed by atoms with Crippen LogP contribution in [0.2, 0.25) is 0 Å². The number of aryl methyl sites for hydroxylation is 2. The predicted molar refractivity (Wildman–Crippen MR) is 87.8 cm³/mol. The molecule has 0 saturated heterocycles. The molecule has 23 heavy (non-hydrogen) atoms. The first kappa shape index (κ1) is 17.0. The summed E-state index contributed by atoms with van der Waals surface area (Å²) in [5.41, 5.74) is 3.91. The van der Waals surface area contributed by atoms with Crippen LogP contribution in [0.4, 0.5) is 0 Å². The fourth-order valence-electron chi connectivity index (χ4n) is 2.07. The lowest BCUT2D eigenvalue weighted by Gasteiger charge is -2.01. The number of hydrogen-bond donors (Lipinski definition) is 2. The third-order valence-electron chi connectivity index (χ3n) is 3.21. The second-order valence-electron chi connectivity index (χ2n) is 5.06. The fourth-order valence-corrected chi connectivity index (χ4v) is 2.78. The first-order chi connectivity index (χ1) is 11.0. The van der Waals surface area contributed by atoms with Crippen molar-refractivity contribution in [2.45, 2.75) is 33.1 Å². The minimum Gasteiger partial charge on any atom is -0.481 e. The van der Waals surface area contributed by atoms with E-state index in [0.29, 0.717) is 30.1 Å². The van der Waals surface area contributed by atoms with Crippen molar-refractivity contribution in [3.63, 3.8) is 0 Å². The van der Waals surface area contributed by atoms with Crippen LogP contribution in [0.5, 0.6) is 0 Å². The van der Waals surface area contributed by atoms with Gasteiger partial charge in [0.2, 0.25) is 5.91 Å². The number of nitrogens with zero attached hydrogens (tertiary/aromatic N) is 1. The van der Waals surface area contributed by atoms with Crippen LogP contribution in [0, 0.1) is 6.92 Å². The molecule has 0 aliphatic heterocycles. The number of carboxylic acid groups (broad SMARTS) is 1. The van der Waals surface area contributed by atoms with Gasteiger partial charge in [0.05, 0.1) is 18.6 Å². The summed E-state index contributed by atoms with van der Waals surface area (Å²) in [6, 6.07) is 5.56. The minimum atomic E-state index is -0.869. The van der Waals surface area contributed by atoms with Crippen molar-refractivity contribution >= 4 is 28.9 Å². The molecule has 0 saturated carbocycles. The molecule has 2 aromatic heterocycles. The van der Waals surface area contributed by atoms with Crippen LogP contribution in [0.25, 0.3) is 0 Å². The number of hydrogen-bond acceptors (Lipinski definition) is 5. The smallest absolute Gasteiger partial charge is 0.303 e. The Kier molecular flexibility index (Phi) is 5.70. The van der Waals surface area contributed by atoms with Gasteiger partial charge in [-0.1, -0.05) is 6.07 Å². The Morgan fingerprint density at radius 2 is 2.22 bits per heavy atom. The van der Waals surface area contributed by atoms with E-state index in [1.807, 2.05) is 17.5 Å². The van der Waals surface area contributed by atoms with Crippen LogP contribution in [0.15, 0.2) is 33.1 Å². The van der Waals surface area contributed by atoms with Gasteiger partial charge >= 0.3 is 5.97 Å². The Morgan fingerprint density at radius 3 is 2.87 bits per heavy atom. The summed E-state index contributed by atoms with van der Waals surface area (Å²) in [6.45, 7) is 3.55. The summed E-state index contributed by atoms with van der Waals surface area (Å²) >= 11 is 1.52. The molecular formula is C16H18N2O4S. The van der Waals surface area contributed by atoms with Crippen molar-refractivity contribution in [2.24, 2.45) is 5.10 Å². The summed E-state index contributed by atoms with van der Waals surface area (Å²) in [5.74, 6) is 0.199. The molecule has 2 heterocycles. The molecule has 1 amide bonds. The Morgan fingerprint density at radius 1 is 1.43 bits per heavy atom. The topological polar surface area (TPSA) is 91.9 Å². The van der Waals surface area contributed by atoms with E-state index in [1.54, 1.807) is 19.9 Å². The van der Waals surface area contributed by atoms with Crippen molar-refractivity contribution in [1.82, 2.24) is 5.43 Å². The monoisotopic (exact) mass is 334 g/mol. The van der Waals surface area contributed by atoms with Crippen molar-refractivity contribution < 1.29 is 19.1 Å². The number of rotatable bonds is 7. The molecule has 2 aromatic rings. The maximum absolute atomic E-state index is 11.8. The summed E-state index contributed by atoms with van der Waals surface area (Å²) in [6.07, 6.45) is 0.636. The van der Waals surface area contributed by atoms with Gasteiger partial charge in [0.1, 0.15) is 11.5 Å². The van der Waals surface area contributed by atoms with Crippen LogP contribution in [0.3, 0.4) is 0 Å². The molecule has 0 unspecified atom stereocenters. The van der Waals surface area contributed by atoms with Crippen molar-refractivity contribution in [3.05, 3.63) is 45.5 Å². The molecule has 122 valence electrons. The van der Waals surface area contributed by atoms with Crippen LogP contribution in [-0.4, -0.2) is 22.7 Å². The first-order valence-electron chi connectivity index (χ1n) is 7.12. The molecule has 6 nitrogen and oxygen atoms in total. The normalized spacial score (nSPS) is 11.5. The molecule has 0 aliphatic carbocycles. The first-order valence-corrected chi connectivity index (χ1v) is 8.00. The third-order valence-corrected chi connectivity index (χ3v) is 4.08. The van der Waals surface area contributed by atoms with E-state index in [2.05, 4.69) is 10.5 Å². The summed E-state index contributed by atoms with van der Waals surface area (Å²) in [5, 5.41) is 14.7. The van der Waals surface area contributed by atoms with Gasteiger partial charge in [0, 0.05) is 16.9 Å². The molecule has 0 bridgehead atoms. The lowest BCUT2D eigenvalue weighted by Crippen LogP contribution is -2.20. The van der Waals surface area contributed by atoms with E-state index >= 15 is 0 Å². The van der Waals surface area contributed by atoms with Gasteiger partial charge in [-0.25, -0.2) is 5.43 Å². The Labute approximate surface area is 137 Å². The van der Waals surface area contributed by atoms with Crippen LogP contribution in [0.1, 0.15) is 35.3 Å². The Bertz CT molecular complexity index is 717. The van der Waals surface area contributed by atoms with Crippen LogP contribution >= 0.6 is 11.3 Å². The fraction of sp³-hybridized carbons (Fsp3) is 0.312. The van der Waals surface area contributed by atoms with Crippen molar-refractivity contribution in [2.75, 3.05) is 0 Å². The van der Waals surface area contributed by atoms with Gasteiger partial charge < -0.3 is 9.52 Å². The van der Waals surface area contributed by atoms with Gasteiger partial charge in [-0.2, -0.15) is 5.10 Å². The Balaban J connectivity index is 1.97. The van der Waals surface area contributed by atoms with Gasteiger partial charge in [0.25, 0.3) is 0 Å². The summed E-state index contributed by atoms with van der Waals surface area (Å²) in [7, 11) is 0. The molecule has 0 radical (unpaired) electrons. The molecule has 0 aromatic carbocycles. The highest BCUT2D eigenvalue weighted by Crippen LogP contribution is 2.17. The number of carbonyl (C=O) groups is 2. The van der Waals surface area contributed by atoms with E-state index in [-0.39, 0.29) is 12.3 Å². The second kappa shape index (κ2) is 7.73. The Hall–Kier alpha value is -2.41. The van der Waals surface area contributed by atoms with Gasteiger partial charge in [0.15, 0.2) is 0 Å². The highest BCUT2D eigenvalue weighted by Gasteiger charge is 2.12. The number of carboxylic acids is 1. The number of carbonyl (C=O) groups excluding carboxylic acids is 1. The number of thiophene rings is 1. The van der Waals surface area contributed by atoms with Gasteiger partial charge in [-0.3, -0.25) is 9.59 Å². The number of amides is 1. The standard InChI is InChI=1S/C16H18N2O4S/c1-10(17-18-15(19)9-13-4-3-7-23-13)14-8-12(22-11(14)2)5-6-16(20)21/h3-4,7-8H,5-6,9H2,1-2H3,(H,18,19)(H,20,21)/b17-10-. The molecule has 7 heteroatoms. The number of furan rings is 1. The van der Waals surface area contributed by atoms with Crippen LogP contribution in [-0.2, 0) is 22.4 Å². The molecule has 0 fully saturated rings. The lowest BCUT2D eigenvalue weighted by atomic mass is 10.1. The summed E-state index contributed by atoms with van der Waals surface area (Å²) in [4.78, 5) is 23.4. The zero-order valence-corrected chi connectivity index (χ0v) is 13.8. The van der Waals surface area contributed by atoms with Crippen LogP contribution < -0.4 is 5.43 Å². The SMILES string of the molecule is C/C(=N/NC(=O)Cc1cccs1)c1cc(CCC(=O)O)oc1C. The lowest BCUT2D eigenvalue weighted by molar-refractivity contribution is -0.137. The highest BCUT2D eigenvalue weighted by molar-refractivity contribution is 7.10. The number of hydrazone groups is 1. The average Bonchev–Trinajstić information content (AvgIpc) is 3.12. The number of aliphatic carboxylic acids is 1. The molecule has 2 rings (SSSR count). The highest BCUT2D eigenvalue weighted by atomic mass is 32.1. The molecular weight excluding hydrogens is 316 g/mol. The maximum Gasteiger partial charge on any atom is 0.303 e. The van der Waals surface area contributed by atoms with Crippen molar-refractivity contribution in [1.29, 1.82) is 0 Å². The van der Waals surface area contributed by atoms with Gasteiger partial charge in [-0.05, 0) is 31.4 Å². The van der Waals surface area contributed by atoms with E-state index in [4.69, 9.17) is 9.52 Å². The molecule has 0 atom stereocenters. The zero-order valence-electron chi connectivity index (χ0n) is 13.0. The predicted octanol–water partition coefficient (Wildman–Crippen LogP) is 2.75. The molecule has 2 N–H and O–H groups in total. The largest absolute Gasteiger partial charge is 0.481 e. The number of nitrogens with one attached hydrogen (secondary N) is 1. The molecule has 0 spiro atoms. The third kappa shape index (κ3) is 5.07. The molecule has 0 aliphatic rings. The second-order valence-corrected chi connectivity index (χ2v) is 6.10. The van der Waals surface area contributed by atoms with Crippen molar-refractivity contribution in [3.8, 4) is 0 Å². The maximum atomic E-state index is 11.8. The van der Waals surface area contributed by atoms with Gasteiger partial charge in [-0.15, -0.1) is 11.3 Å². The summed E-state index contributed by atoms with van der Waals surface area (Å²) < 4.78 is 5.52. The minimum absolute atomic E-state index is 0.0140. The quantitative estimate of drug-likeness (QED) is 0.601. The van der Waals surface area contributed by atoms with E-state index in [9.17, 15) is 9.59 Å². The van der Waals surface area contributed by atoms with E-state index in [0.717, 1.165) is 10.4 Å². The zero-order chi connectivity index (χ0) is 16.8. The van der Waals surface area contributed by atoms with E-state index < -0.39 is 5.97 Å². The van der Waals surface area contributed by atoms with E-state index in [1.165, 1.54) is 11.3 Å².